The average Bonchev–Trinajstić information content (AvgIpc) is 2.95. The van der Waals surface area contributed by atoms with Crippen molar-refractivity contribution in [2.45, 2.75) is 13.5 Å². The number of fused-ring (bicyclic) bond motifs is 1. The number of aromatic nitrogens is 4. The second-order valence-corrected chi connectivity index (χ2v) is 5.30. The third-order valence-corrected chi connectivity index (χ3v) is 3.92. The minimum atomic E-state index is -0.182. The van der Waals surface area contributed by atoms with Crippen molar-refractivity contribution in [2.24, 2.45) is 7.05 Å². The summed E-state index contributed by atoms with van der Waals surface area (Å²) in [6, 6.07) is 0.251. The molecule has 0 radical (unpaired) electrons. The molecule has 0 atom stereocenters. The fraction of sp³-hybridized carbons (Fsp3) is 0.533. The van der Waals surface area contributed by atoms with E-state index in [0.717, 1.165) is 32.1 Å². The molecule has 8 heteroatoms. The van der Waals surface area contributed by atoms with Gasteiger partial charge < -0.3 is 15.0 Å². The van der Waals surface area contributed by atoms with Crippen LogP contribution in [-0.4, -0.2) is 52.4 Å². The van der Waals surface area contributed by atoms with Crippen LogP contribution in [0.1, 0.15) is 6.92 Å². The van der Waals surface area contributed by atoms with E-state index in [2.05, 4.69) is 32.0 Å². The number of imidazole rings is 1. The molecule has 1 fully saturated rings. The second-order valence-electron chi connectivity index (χ2n) is 5.30. The molecule has 1 N–H and O–H groups in total. The maximum Gasteiger partial charge on any atom is 0.300 e. The smallest absolute Gasteiger partial charge is 0.300 e. The lowest BCUT2D eigenvalue weighted by atomic mass is 10.4. The Balaban J connectivity index is 2.23. The standard InChI is InChI=1S/C15H20N6O2/c1-4-5-8-21-11-12(18-15(23-3)19(2)13(11)22)17-14(21)20-9-6-16-7-10-20/h16H,6-10H2,1-3H3. The Bertz CT molecular complexity index is 835. The number of anilines is 1. The Hall–Kier alpha value is -2.53. The fourth-order valence-electron chi connectivity index (χ4n) is 2.73. The maximum atomic E-state index is 12.7. The first-order chi connectivity index (χ1) is 11.2. The largest absolute Gasteiger partial charge is 0.468 e. The molecule has 1 aliphatic heterocycles. The Kier molecular flexibility index (Phi) is 4.21. The zero-order chi connectivity index (χ0) is 16.4. The van der Waals surface area contributed by atoms with E-state index in [-0.39, 0.29) is 11.6 Å². The van der Waals surface area contributed by atoms with Crippen molar-refractivity contribution in [3.05, 3.63) is 10.4 Å². The zero-order valence-corrected chi connectivity index (χ0v) is 13.6. The van der Waals surface area contributed by atoms with Crippen molar-refractivity contribution in [2.75, 3.05) is 38.2 Å². The van der Waals surface area contributed by atoms with Gasteiger partial charge in [0, 0.05) is 33.2 Å². The van der Waals surface area contributed by atoms with Crippen molar-refractivity contribution < 1.29 is 4.74 Å². The summed E-state index contributed by atoms with van der Waals surface area (Å²) in [6.45, 7) is 5.63. The number of nitrogens with one attached hydrogen (secondary N) is 1. The molecule has 0 aliphatic carbocycles. The topological polar surface area (TPSA) is 77.2 Å². The molecule has 1 aliphatic rings. The molecular weight excluding hydrogens is 296 g/mol. The highest BCUT2D eigenvalue weighted by Gasteiger charge is 2.22. The summed E-state index contributed by atoms with van der Waals surface area (Å²) in [5, 5.41) is 3.31. The summed E-state index contributed by atoms with van der Waals surface area (Å²) in [5.74, 6) is 6.63. The highest BCUT2D eigenvalue weighted by atomic mass is 16.5. The normalized spacial score (nSPS) is 14.7. The van der Waals surface area contributed by atoms with Crippen molar-refractivity contribution in [3.8, 4) is 17.9 Å². The Labute approximate surface area is 134 Å². The van der Waals surface area contributed by atoms with E-state index in [1.165, 1.54) is 11.7 Å². The number of methoxy groups -OCH3 is 1. The van der Waals surface area contributed by atoms with Crippen molar-refractivity contribution in [3.63, 3.8) is 0 Å². The summed E-state index contributed by atoms with van der Waals surface area (Å²) < 4.78 is 8.40. The van der Waals surface area contributed by atoms with Crippen LogP contribution >= 0.6 is 0 Å². The SMILES string of the molecule is CC#CCn1c(N2CCNCC2)nc2nc(OC)n(C)c(=O)c21. The van der Waals surface area contributed by atoms with Crippen LogP contribution in [0.2, 0.25) is 0 Å². The van der Waals surface area contributed by atoms with Gasteiger partial charge >= 0.3 is 6.01 Å². The van der Waals surface area contributed by atoms with Crippen LogP contribution < -0.4 is 20.5 Å². The molecular formula is C15H20N6O2. The minimum Gasteiger partial charge on any atom is -0.468 e. The van der Waals surface area contributed by atoms with Gasteiger partial charge in [-0.3, -0.25) is 13.9 Å². The molecule has 0 saturated carbocycles. The van der Waals surface area contributed by atoms with Crippen LogP contribution in [0, 0.1) is 11.8 Å². The van der Waals surface area contributed by atoms with Gasteiger partial charge in [-0.2, -0.15) is 9.97 Å². The molecule has 0 aromatic carbocycles. The van der Waals surface area contributed by atoms with Gasteiger partial charge in [0.2, 0.25) is 5.95 Å². The van der Waals surface area contributed by atoms with Gasteiger partial charge in [0.1, 0.15) is 0 Å². The van der Waals surface area contributed by atoms with Gasteiger partial charge in [-0.15, -0.1) is 5.92 Å². The second kappa shape index (κ2) is 6.30. The van der Waals surface area contributed by atoms with E-state index >= 15 is 0 Å². The summed E-state index contributed by atoms with van der Waals surface area (Å²) >= 11 is 0. The number of nitrogens with zero attached hydrogens (tertiary/aromatic N) is 5. The summed E-state index contributed by atoms with van der Waals surface area (Å²) in [6.07, 6.45) is 0. The summed E-state index contributed by atoms with van der Waals surface area (Å²) in [5.41, 5.74) is 0.680. The highest BCUT2D eigenvalue weighted by molar-refractivity contribution is 5.74. The molecule has 8 nitrogen and oxygen atoms in total. The average molecular weight is 316 g/mol. The van der Waals surface area contributed by atoms with Crippen LogP contribution in [0.25, 0.3) is 11.2 Å². The molecule has 2 aromatic heterocycles. The highest BCUT2D eigenvalue weighted by Crippen LogP contribution is 2.21. The Morgan fingerprint density at radius 3 is 2.70 bits per heavy atom. The van der Waals surface area contributed by atoms with Gasteiger partial charge in [-0.25, -0.2) is 0 Å². The van der Waals surface area contributed by atoms with E-state index in [9.17, 15) is 4.79 Å². The van der Waals surface area contributed by atoms with Crippen LogP contribution in [0.15, 0.2) is 4.79 Å². The molecule has 0 bridgehead atoms. The number of hydrogen-bond donors (Lipinski definition) is 1. The van der Waals surface area contributed by atoms with Gasteiger partial charge in [-0.1, -0.05) is 5.92 Å². The van der Waals surface area contributed by atoms with Crippen molar-refractivity contribution in [1.29, 1.82) is 0 Å². The Morgan fingerprint density at radius 2 is 2.04 bits per heavy atom. The van der Waals surface area contributed by atoms with Crippen LogP contribution in [0.3, 0.4) is 0 Å². The van der Waals surface area contributed by atoms with Crippen molar-refractivity contribution in [1.82, 2.24) is 24.4 Å². The van der Waals surface area contributed by atoms with Gasteiger partial charge in [0.15, 0.2) is 11.2 Å². The van der Waals surface area contributed by atoms with Crippen LogP contribution in [0.5, 0.6) is 6.01 Å². The lowest BCUT2D eigenvalue weighted by Crippen LogP contribution is -2.44. The van der Waals surface area contributed by atoms with E-state index < -0.39 is 0 Å². The van der Waals surface area contributed by atoms with Crippen LogP contribution in [0.4, 0.5) is 5.95 Å². The summed E-state index contributed by atoms with van der Waals surface area (Å²) in [4.78, 5) is 23.8. The molecule has 0 spiro atoms. The Morgan fingerprint density at radius 1 is 1.30 bits per heavy atom. The third kappa shape index (κ3) is 2.64. The molecule has 23 heavy (non-hydrogen) atoms. The molecule has 3 heterocycles. The van der Waals surface area contributed by atoms with Crippen LogP contribution in [-0.2, 0) is 13.6 Å². The molecule has 1 saturated heterocycles. The molecule has 3 rings (SSSR count). The first-order valence-corrected chi connectivity index (χ1v) is 7.54. The number of ether oxygens (including phenoxy) is 1. The van der Waals surface area contributed by atoms with Gasteiger partial charge in [0.25, 0.3) is 5.56 Å². The molecule has 0 unspecified atom stereocenters. The van der Waals surface area contributed by atoms with E-state index in [0.29, 0.717) is 17.7 Å². The number of rotatable bonds is 3. The monoisotopic (exact) mass is 316 g/mol. The molecule has 2 aromatic rings. The first kappa shape index (κ1) is 15.4. The quantitative estimate of drug-likeness (QED) is 0.775. The molecule has 122 valence electrons. The fourth-order valence-corrected chi connectivity index (χ4v) is 2.73. The van der Waals surface area contributed by atoms with E-state index in [1.807, 2.05) is 4.57 Å². The number of hydrogen-bond acceptors (Lipinski definition) is 6. The number of piperazine rings is 1. The summed E-state index contributed by atoms with van der Waals surface area (Å²) in [7, 11) is 3.13. The third-order valence-electron chi connectivity index (χ3n) is 3.92. The van der Waals surface area contributed by atoms with Gasteiger partial charge in [-0.05, 0) is 6.92 Å². The maximum absolute atomic E-state index is 12.7. The van der Waals surface area contributed by atoms with Gasteiger partial charge in [0.05, 0.1) is 13.7 Å². The van der Waals surface area contributed by atoms with Crippen molar-refractivity contribution >= 4 is 17.1 Å². The van der Waals surface area contributed by atoms with E-state index in [4.69, 9.17) is 4.74 Å². The predicted octanol–water partition coefficient (Wildman–Crippen LogP) is -0.428. The first-order valence-electron chi connectivity index (χ1n) is 7.54. The lowest BCUT2D eigenvalue weighted by molar-refractivity contribution is 0.359. The lowest BCUT2D eigenvalue weighted by Gasteiger charge is -2.28. The minimum absolute atomic E-state index is 0.182. The molecule has 0 amide bonds. The predicted molar refractivity (Wildman–Crippen MR) is 87.9 cm³/mol. The zero-order valence-electron chi connectivity index (χ0n) is 13.6. The van der Waals surface area contributed by atoms with E-state index in [1.54, 1.807) is 14.0 Å².